The molecule has 0 aliphatic carbocycles. The fourth-order valence-corrected chi connectivity index (χ4v) is 5.74. The zero-order valence-electron chi connectivity index (χ0n) is 36.6. The number of nitrogens with zero attached hydrogens (tertiary/aromatic N) is 3. The first-order valence-corrected chi connectivity index (χ1v) is 15.5. The highest BCUT2D eigenvalue weighted by Gasteiger charge is 2.17. The van der Waals surface area contributed by atoms with Gasteiger partial charge < -0.3 is 4.42 Å². The lowest BCUT2D eigenvalue weighted by Gasteiger charge is -2.10. The van der Waals surface area contributed by atoms with Gasteiger partial charge >= 0.3 is 0 Å². The van der Waals surface area contributed by atoms with Crippen molar-refractivity contribution in [2.75, 3.05) is 0 Å². The van der Waals surface area contributed by atoms with Crippen LogP contribution in [0.1, 0.15) is 15.1 Å². The van der Waals surface area contributed by atoms with Crippen molar-refractivity contribution in [1.82, 2.24) is 15.0 Å². The highest BCUT2D eigenvalue weighted by Crippen LogP contribution is 2.37. The van der Waals surface area contributed by atoms with Gasteiger partial charge in [0, 0.05) is 33.0 Å². The summed E-state index contributed by atoms with van der Waals surface area (Å²) in [5, 5.41) is -0.392. The first kappa shape index (κ1) is 19.2. The maximum Gasteiger partial charge on any atom is 0.164 e. The molecule has 0 N–H and O–H groups in total. The van der Waals surface area contributed by atoms with E-state index in [2.05, 4.69) is 0 Å². The Balaban J connectivity index is 1.30. The summed E-state index contributed by atoms with van der Waals surface area (Å²) < 4.78 is 103. The van der Waals surface area contributed by atoms with Crippen molar-refractivity contribution < 1.29 is 19.5 Å². The molecule has 0 aliphatic heterocycles. The van der Waals surface area contributed by atoms with Gasteiger partial charge in [0.25, 0.3) is 0 Å². The molecule has 0 radical (unpaired) electrons. The molecule has 0 saturated heterocycles. The third-order valence-corrected chi connectivity index (χ3v) is 8.15. The molecular weight excluding hydrogens is 599 g/mol. The average Bonchev–Trinajstić information content (AvgIpc) is 3.69. The van der Waals surface area contributed by atoms with Crippen LogP contribution in [0.25, 0.3) is 89.5 Å². The number of rotatable bonds is 6. The molecular formula is C45H29N3O. The Labute approximate surface area is 299 Å². The minimum Gasteiger partial charge on any atom is -0.455 e. The summed E-state index contributed by atoms with van der Waals surface area (Å²) >= 11 is 0. The van der Waals surface area contributed by atoms with Crippen LogP contribution in [-0.2, 0) is 0 Å². The summed E-state index contributed by atoms with van der Waals surface area (Å²) in [6.45, 7) is 0. The average molecular weight is 639 g/mol. The molecule has 230 valence electrons. The van der Waals surface area contributed by atoms with Gasteiger partial charge in [0.15, 0.2) is 17.5 Å². The molecule has 0 fully saturated rings. The monoisotopic (exact) mass is 638 g/mol. The number of para-hydroxylation sites is 1. The maximum absolute atomic E-state index is 9.49. The fourth-order valence-electron chi connectivity index (χ4n) is 5.74. The molecule has 49 heavy (non-hydrogen) atoms. The van der Waals surface area contributed by atoms with Crippen LogP contribution in [0.4, 0.5) is 0 Å². The van der Waals surface area contributed by atoms with E-state index < -0.39 is 72.0 Å². The van der Waals surface area contributed by atoms with Crippen LogP contribution in [0.3, 0.4) is 0 Å². The standard InChI is InChI=1S/C45H29N3O/c1-4-12-30(13-5-1)32-22-24-34(25-23-32)43-46-44(36-19-10-18-35(28-36)31-14-6-2-7-15-31)48-45(47-43)37-26-27-39-40-21-11-20-38(33-16-8-3-9-17-33)42(40)49-41(39)29-37/h1-29H/i3D,8D,9D,11D,16D,17D,20D,21D,26D,27D,29D. The highest BCUT2D eigenvalue weighted by atomic mass is 16.3. The molecule has 0 unspecified atom stereocenters. The van der Waals surface area contributed by atoms with E-state index in [-0.39, 0.29) is 50.5 Å². The van der Waals surface area contributed by atoms with Crippen molar-refractivity contribution in [2.45, 2.75) is 0 Å². The molecule has 4 nitrogen and oxygen atoms in total. The normalized spacial score (nSPS) is 14.4. The minimum atomic E-state index is -0.681. The summed E-state index contributed by atoms with van der Waals surface area (Å²) in [5.74, 6) is 0.339. The van der Waals surface area contributed by atoms with Crippen LogP contribution in [0.15, 0.2) is 180 Å². The van der Waals surface area contributed by atoms with Gasteiger partial charge in [0.05, 0.1) is 15.1 Å². The van der Waals surface area contributed by atoms with Crippen molar-refractivity contribution >= 4 is 21.9 Å². The second-order valence-corrected chi connectivity index (χ2v) is 11.2. The van der Waals surface area contributed by atoms with Gasteiger partial charge in [-0.25, -0.2) is 15.0 Å². The lowest BCUT2D eigenvalue weighted by Crippen LogP contribution is -2.00. The topological polar surface area (TPSA) is 51.8 Å². The van der Waals surface area contributed by atoms with Crippen LogP contribution in [-0.4, -0.2) is 15.0 Å². The van der Waals surface area contributed by atoms with Crippen LogP contribution >= 0.6 is 0 Å². The third kappa shape index (κ3) is 5.45. The number of furan rings is 1. The van der Waals surface area contributed by atoms with Gasteiger partial charge in [0.1, 0.15) is 11.2 Å². The van der Waals surface area contributed by atoms with E-state index >= 15 is 0 Å². The quantitative estimate of drug-likeness (QED) is 0.182. The first-order chi connectivity index (χ1) is 28.8. The molecule has 7 aromatic carbocycles. The smallest absolute Gasteiger partial charge is 0.164 e. The Kier molecular flexibility index (Phi) is 4.78. The predicted octanol–water partition coefficient (Wildman–Crippen LogP) is 11.8. The summed E-state index contributed by atoms with van der Waals surface area (Å²) in [7, 11) is 0. The van der Waals surface area contributed by atoms with Crippen LogP contribution in [0.5, 0.6) is 0 Å². The summed E-state index contributed by atoms with van der Waals surface area (Å²) in [6, 6.07) is 28.2. The molecule has 2 heterocycles. The Hall–Kier alpha value is -6.65. The third-order valence-electron chi connectivity index (χ3n) is 8.15. The van der Waals surface area contributed by atoms with Gasteiger partial charge in [-0.15, -0.1) is 0 Å². The second-order valence-electron chi connectivity index (χ2n) is 11.2. The number of aromatic nitrogens is 3. The maximum atomic E-state index is 9.49. The van der Waals surface area contributed by atoms with Gasteiger partial charge in [-0.3, -0.25) is 0 Å². The number of hydrogen-bond acceptors (Lipinski definition) is 4. The lowest BCUT2D eigenvalue weighted by molar-refractivity contribution is 0.670. The second kappa shape index (κ2) is 12.2. The molecule has 0 atom stereocenters. The summed E-state index contributed by atoms with van der Waals surface area (Å²) in [5.41, 5.74) is 3.44. The van der Waals surface area contributed by atoms with E-state index in [4.69, 9.17) is 30.3 Å². The van der Waals surface area contributed by atoms with Crippen molar-refractivity contribution in [3.05, 3.63) is 176 Å². The molecule has 0 amide bonds. The molecule has 9 aromatic rings. The van der Waals surface area contributed by atoms with Gasteiger partial charge in [0.2, 0.25) is 0 Å². The van der Waals surface area contributed by atoms with Crippen LogP contribution in [0.2, 0.25) is 0 Å². The Morgan fingerprint density at radius 1 is 0.408 bits per heavy atom. The van der Waals surface area contributed by atoms with E-state index in [1.165, 1.54) is 0 Å². The van der Waals surface area contributed by atoms with Crippen LogP contribution < -0.4 is 0 Å². The minimum absolute atomic E-state index is 0.114. The molecule has 9 rings (SSSR count). The Bertz CT molecular complexity index is 3180. The first-order valence-electron chi connectivity index (χ1n) is 21.0. The van der Waals surface area contributed by atoms with E-state index in [1.54, 1.807) is 0 Å². The Morgan fingerprint density at radius 2 is 1.00 bits per heavy atom. The van der Waals surface area contributed by atoms with Crippen molar-refractivity contribution in [3.8, 4) is 67.5 Å². The Morgan fingerprint density at radius 3 is 1.73 bits per heavy atom. The van der Waals surface area contributed by atoms with Gasteiger partial charge in [-0.05, 0) is 46.0 Å². The predicted molar refractivity (Wildman–Crippen MR) is 200 cm³/mol. The van der Waals surface area contributed by atoms with E-state index in [1.807, 2.05) is 109 Å². The van der Waals surface area contributed by atoms with Crippen molar-refractivity contribution in [2.24, 2.45) is 0 Å². The van der Waals surface area contributed by atoms with E-state index in [0.717, 1.165) is 22.3 Å². The molecule has 0 spiro atoms. The highest BCUT2D eigenvalue weighted by molar-refractivity contribution is 6.10. The van der Waals surface area contributed by atoms with Gasteiger partial charge in [-0.2, -0.15) is 0 Å². The zero-order chi connectivity index (χ0) is 42.1. The van der Waals surface area contributed by atoms with Crippen molar-refractivity contribution in [3.63, 3.8) is 0 Å². The number of fused-ring (bicyclic) bond motifs is 3. The SMILES string of the molecule is [2H]c1c([2H])c([2H])c(-c2c([2H])c([2H])c([2H])c3c2oc2c([2H])c(-c4nc(-c5ccc(-c6ccccc6)cc5)nc(-c5cccc(-c6ccccc6)c5)n4)c([2H])c([2H])c23)c([2H])c1[2H]. The number of benzene rings is 7. The molecule has 4 heteroatoms. The molecule has 0 bridgehead atoms. The van der Waals surface area contributed by atoms with Crippen molar-refractivity contribution in [1.29, 1.82) is 0 Å². The van der Waals surface area contributed by atoms with E-state index in [0.29, 0.717) is 11.1 Å². The number of hydrogen-bond donors (Lipinski definition) is 0. The van der Waals surface area contributed by atoms with E-state index in [9.17, 15) is 4.11 Å². The molecule has 0 saturated carbocycles. The summed E-state index contributed by atoms with van der Waals surface area (Å²) in [6.07, 6.45) is 0. The van der Waals surface area contributed by atoms with Crippen LogP contribution in [0, 0.1) is 0 Å². The molecule has 0 aliphatic rings. The van der Waals surface area contributed by atoms with Gasteiger partial charge in [-0.1, -0.05) is 158 Å². The lowest BCUT2D eigenvalue weighted by atomic mass is 10.0. The fraction of sp³-hybridized carbons (Fsp3) is 0. The summed E-state index contributed by atoms with van der Waals surface area (Å²) in [4.78, 5) is 14.4. The molecule has 2 aromatic heterocycles. The largest absolute Gasteiger partial charge is 0.455 e. The zero-order valence-corrected chi connectivity index (χ0v) is 25.6.